The van der Waals surface area contributed by atoms with Gasteiger partial charge in [0.05, 0.1) is 34.4 Å². The number of allylic oxidation sites excluding steroid dienone is 6. The number of esters is 2. The SMILES string of the molecule is CC/C=C\C/C=C\C/C=C\CCCCCC(=O)OC(COC(=O)CCCCCCCCCCCCCCCCCCCCCCCCCCCCC)COC(OCC[N+](C)(C)C)C(=O)O. The predicted molar refractivity (Wildman–Crippen MR) is 272 cm³/mol. The van der Waals surface area contributed by atoms with Gasteiger partial charge in [-0.2, -0.15) is 0 Å². The number of rotatable bonds is 50. The van der Waals surface area contributed by atoms with Crippen LogP contribution < -0.4 is 0 Å². The summed E-state index contributed by atoms with van der Waals surface area (Å²) < 4.78 is 22.8. The van der Waals surface area contributed by atoms with Crippen LogP contribution in [0.15, 0.2) is 36.5 Å². The number of likely N-dealkylation sites (N-methyl/N-ethyl adjacent to an activating group) is 1. The first kappa shape index (κ1) is 62.5. The first-order valence-corrected chi connectivity index (χ1v) is 27.2. The smallest absolute Gasteiger partial charge is 0.361 e. The van der Waals surface area contributed by atoms with Gasteiger partial charge >= 0.3 is 17.9 Å². The maximum atomic E-state index is 12.8. The third kappa shape index (κ3) is 49.2. The van der Waals surface area contributed by atoms with E-state index in [1.807, 2.05) is 21.1 Å². The highest BCUT2D eigenvalue weighted by molar-refractivity contribution is 5.71. The van der Waals surface area contributed by atoms with Crippen molar-refractivity contribution >= 4 is 17.9 Å². The average Bonchev–Trinajstić information content (AvgIpc) is 3.27. The molecule has 0 amide bonds. The fourth-order valence-corrected chi connectivity index (χ4v) is 7.73. The van der Waals surface area contributed by atoms with Crippen molar-refractivity contribution in [2.75, 3.05) is 47.5 Å². The van der Waals surface area contributed by atoms with Gasteiger partial charge in [0.1, 0.15) is 13.2 Å². The number of carbonyl (C=O) groups is 3. The summed E-state index contributed by atoms with van der Waals surface area (Å²) in [6.45, 7) is 4.75. The van der Waals surface area contributed by atoms with Gasteiger partial charge in [-0.15, -0.1) is 0 Å². The normalized spacial score (nSPS) is 13.1. The van der Waals surface area contributed by atoms with Crippen LogP contribution in [-0.4, -0.2) is 87.4 Å². The number of quaternary nitrogens is 1. The van der Waals surface area contributed by atoms with E-state index < -0.39 is 24.3 Å². The lowest BCUT2D eigenvalue weighted by Gasteiger charge is -2.25. The molecule has 0 rings (SSSR count). The zero-order chi connectivity index (χ0) is 47.7. The summed E-state index contributed by atoms with van der Waals surface area (Å²) in [6.07, 6.45) is 53.8. The molecule has 2 unspecified atom stereocenters. The number of carboxylic acid groups (broad SMARTS) is 1. The Morgan fingerprint density at radius 3 is 1.31 bits per heavy atom. The van der Waals surface area contributed by atoms with Crippen LogP contribution >= 0.6 is 0 Å². The molecule has 0 saturated heterocycles. The fourth-order valence-electron chi connectivity index (χ4n) is 7.73. The Labute approximate surface area is 400 Å². The Kier molecular flexibility index (Phi) is 46.1. The molecule has 2 atom stereocenters. The molecule has 0 aliphatic rings. The molecule has 0 heterocycles. The summed E-state index contributed by atoms with van der Waals surface area (Å²) in [7, 11) is 5.95. The first-order chi connectivity index (χ1) is 31.6. The molecule has 9 heteroatoms. The minimum absolute atomic E-state index is 0.183. The maximum absolute atomic E-state index is 12.8. The average molecular weight is 919 g/mol. The number of unbranched alkanes of at least 4 members (excludes halogenated alkanes) is 29. The standard InChI is InChI=1S/C56H103NO8/c1-6-8-10-12-14-16-18-20-21-22-23-24-25-26-27-28-29-30-31-32-33-35-36-38-40-42-44-46-53(58)63-50-52(51-64-56(55(60)61)62-49-48-57(3,4)5)65-54(59)47-45-43-41-39-37-34-19-17-15-13-11-9-7-2/h9,11,15,17,34,37,52,56H,6-8,10,12-14,16,18-33,35-36,38-51H2,1-5H3/p+1/b11-9-,17-15-,37-34-. The van der Waals surface area contributed by atoms with Gasteiger partial charge in [-0.1, -0.05) is 224 Å². The highest BCUT2D eigenvalue weighted by Crippen LogP contribution is 2.17. The van der Waals surface area contributed by atoms with Crippen molar-refractivity contribution in [3.8, 4) is 0 Å². The van der Waals surface area contributed by atoms with Crippen LogP contribution in [0.5, 0.6) is 0 Å². The number of nitrogens with zero attached hydrogens (tertiary/aromatic N) is 1. The highest BCUT2D eigenvalue weighted by atomic mass is 16.7. The molecule has 0 aromatic heterocycles. The molecule has 0 aromatic carbocycles. The summed E-state index contributed by atoms with van der Waals surface area (Å²) in [5, 5.41) is 9.66. The molecular weight excluding hydrogens is 815 g/mol. The van der Waals surface area contributed by atoms with Gasteiger partial charge in [0.15, 0.2) is 6.10 Å². The molecule has 0 aliphatic heterocycles. The van der Waals surface area contributed by atoms with Crippen molar-refractivity contribution in [2.24, 2.45) is 0 Å². The molecule has 0 aliphatic carbocycles. The lowest BCUT2D eigenvalue weighted by Crippen LogP contribution is -2.40. The lowest BCUT2D eigenvalue weighted by molar-refractivity contribution is -0.870. The van der Waals surface area contributed by atoms with Crippen molar-refractivity contribution in [2.45, 2.75) is 257 Å². The van der Waals surface area contributed by atoms with E-state index >= 15 is 0 Å². The minimum Gasteiger partial charge on any atom is -0.477 e. The topological polar surface area (TPSA) is 108 Å². The van der Waals surface area contributed by atoms with Crippen LogP contribution in [0.2, 0.25) is 0 Å². The monoisotopic (exact) mass is 919 g/mol. The van der Waals surface area contributed by atoms with Gasteiger partial charge in [0, 0.05) is 12.8 Å². The van der Waals surface area contributed by atoms with E-state index in [0.29, 0.717) is 23.9 Å². The maximum Gasteiger partial charge on any atom is 0.361 e. The molecule has 9 nitrogen and oxygen atoms in total. The molecule has 0 radical (unpaired) electrons. The molecule has 380 valence electrons. The number of carbonyl (C=O) groups excluding carboxylic acids is 2. The van der Waals surface area contributed by atoms with E-state index in [-0.39, 0.29) is 32.2 Å². The molecule has 0 spiro atoms. The Morgan fingerprint density at radius 2 is 0.877 bits per heavy atom. The third-order valence-electron chi connectivity index (χ3n) is 11.9. The number of hydrogen-bond donors (Lipinski definition) is 1. The summed E-state index contributed by atoms with van der Waals surface area (Å²) in [6, 6.07) is 0. The van der Waals surface area contributed by atoms with Crippen molar-refractivity contribution in [1.29, 1.82) is 0 Å². The van der Waals surface area contributed by atoms with Gasteiger partial charge < -0.3 is 28.5 Å². The van der Waals surface area contributed by atoms with Gasteiger partial charge in [0.25, 0.3) is 6.29 Å². The van der Waals surface area contributed by atoms with Crippen LogP contribution in [0.4, 0.5) is 0 Å². The van der Waals surface area contributed by atoms with Crippen LogP contribution in [-0.2, 0) is 33.3 Å². The van der Waals surface area contributed by atoms with Crippen LogP contribution in [0, 0.1) is 0 Å². The largest absolute Gasteiger partial charge is 0.477 e. The predicted octanol–water partition coefficient (Wildman–Crippen LogP) is 15.3. The van der Waals surface area contributed by atoms with Crippen LogP contribution in [0.1, 0.15) is 245 Å². The number of hydrogen-bond acceptors (Lipinski definition) is 7. The van der Waals surface area contributed by atoms with Gasteiger partial charge in [-0.3, -0.25) is 9.59 Å². The van der Waals surface area contributed by atoms with E-state index in [1.54, 1.807) is 0 Å². The van der Waals surface area contributed by atoms with Gasteiger partial charge in [0.2, 0.25) is 0 Å². The quantitative estimate of drug-likeness (QED) is 0.0211. The molecular formula is C56H104NO8+. The van der Waals surface area contributed by atoms with Crippen LogP contribution in [0.25, 0.3) is 0 Å². The molecule has 1 N–H and O–H groups in total. The van der Waals surface area contributed by atoms with E-state index in [1.165, 1.54) is 154 Å². The number of aliphatic carboxylic acids is 1. The summed E-state index contributed by atoms with van der Waals surface area (Å²) >= 11 is 0. The van der Waals surface area contributed by atoms with E-state index in [0.717, 1.165) is 57.8 Å². The third-order valence-corrected chi connectivity index (χ3v) is 11.9. The Hall–Kier alpha value is -2.49. The Bertz CT molecular complexity index is 1160. The minimum atomic E-state index is -1.52. The zero-order valence-electron chi connectivity index (χ0n) is 43.2. The second-order valence-electron chi connectivity index (χ2n) is 19.5. The highest BCUT2D eigenvalue weighted by Gasteiger charge is 2.25. The summed E-state index contributed by atoms with van der Waals surface area (Å²) in [4.78, 5) is 37.2. The Balaban J connectivity index is 4.15. The molecule has 0 bridgehead atoms. The second kappa shape index (κ2) is 48.0. The van der Waals surface area contributed by atoms with Crippen LogP contribution in [0.3, 0.4) is 0 Å². The summed E-state index contributed by atoms with van der Waals surface area (Å²) in [5.74, 6) is -2.04. The molecule has 0 fully saturated rings. The first-order valence-electron chi connectivity index (χ1n) is 27.2. The Morgan fingerprint density at radius 1 is 0.477 bits per heavy atom. The van der Waals surface area contributed by atoms with Gasteiger partial charge in [-0.25, -0.2) is 4.79 Å². The zero-order valence-corrected chi connectivity index (χ0v) is 43.2. The molecule has 0 aromatic rings. The second-order valence-corrected chi connectivity index (χ2v) is 19.5. The molecule has 0 saturated carbocycles. The van der Waals surface area contributed by atoms with E-state index in [2.05, 4.69) is 50.3 Å². The fraction of sp³-hybridized carbons (Fsp3) is 0.839. The lowest BCUT2D eigenvalue weighted by atomic mass is 10.0. The van der Waals surface area contributed by atoms with Crippen molar-refractivity contribution < 1.29 is 42.9 Å². The molecule has 65 heavy (non-hydrogen) atoms. The number of carboxylic acids is 1. The van der Waals surface area contributed by atoms with Crippen molar-refractivity contribution in [3.05, 3.63) is 36.5 Å². The van der Waals surface area contributed by atoms with E-state index in [9.17, 15) is 19.5 Å². The number of ether oxygens (including phenoxy) is 4. The summed E-state index contributed by atoms with van der Waals surface area (Å²) in [5.41, 5.74) is 0. The van der Waals surface area contributed by atoms with Crippen molar-refractivity contribution in [1.82, 2.24) is 0 Å². The van der Waals surface area contributed by atoms with Gasteiger partial charge in [-0.05, 0) is 44.9 Å². The van der Waals surface area contributed by atoms with E-state index in [4.69, 9.17) is 18.9 Å². The van der Waals surface area contributed by atoms with Crippen molar-refractivity contribution in [3.63, 3.8) is 0 Å².